The second-order valence-corrected chi connectivity index (χ2v) is 6.76. The van der Waals surface area contributed by atoms with Gasteiger partial charge in [0.15, 0.2) is 0 Å². The Bertz CT molecular complexity index is 280. The van der Waals surface area contributed by atoms with Crippen LogP contribution in [0.15, 0.2) is 0 Å². The fourth-order valence-electron chi connectivity index (χ4n) is 4.07. The molecule has 3 nitrogen and oxygen atoms in total. The minimum Gasteiger partial charge on any atom is -0.372 e. The van der Waals surface area contributed by atoms with Crippen molar-refractivity contribution in [1.29, 1.82) is 0 Å². The molecule has 0 radical (unpaired) electrons. The van der Waals surface area contributed by atoms with Gasteiger partial charge in [-0.3, -0.25) is 0 Å². The predicted octanol–water partition coefficient (Wildman–Crippen LogP) is 2.88. The topological polar surface area (TPSA) is 30.5 Å². The first-order chi connectivity index (χ1) is 9.30. The van der Waals surface area contributed by atoms with Crippen molar-refractivity contribution >= 4 is 0 Å². The summed E-state index contributed by atoms with van der Waals surface area (Å²) in [4.78, 5) is 0. The fraction of sp³-hybridized carbons (Fsp3) is 1.00. The third-order valence-electron chi connectivity index (χ3n) is 5.45. The zero-order valence-corrected chi connectivity index (χ0v) is 12.3. The van der Waals surface area contributed by atoms with Crippen molar-refractivity contribution in [3.8, 4) is 0 Å². The van der Waals surface area contributed by atoms with Crippen LogP contribution in [0, 0.1) is 5.92 Å². The second kappa shape index (κ2) is 6.11. The van der Waals surface area contributed by atoms with Crippen LogP contribution < -0.4 is 5.32 Å². The lowest BCUT2D eigenvalue weighted by Crippen LogP contribution is -2.41. The molecule has 0 aromatic heterocycles. The smallest absolute Gasteiger partial charge is 0.0840 e. The SMILES string of the molecule is CCC1CCC(OC2COC3(CCNCC3)C2)CC1. The quantitative estimate of drug-likeness (QED) is 0.853. The van der Waals surface area contributed by atoms with E-state index in [4.69, 9.17) is 9.47 Å². The molecule has 2 heterocycles. The molecule has 1 spiro atoms. The highest BCUT2D eigenvalue weighted by atomic mass is 16.6. The largest absolute Gasteiger partial charge is 0.372 e. The minimum atomic E-state index is 0.149. The lowest BCUT2D eigenvalue weighted by molar-refractivity contribution is -0.0446. The Morgan fingerprint density at radius 2 is 1.84 bits per heavy atom. The van der Waals surface area contributed by atoms with Gasteiger partial charge in [0.05, 0.1) is 24.4 Å². The average Bonchev–Trinajstić information content (AvgIpc) is 2.83. The van der Waals surface area contributed by atoms with E-state index < -0.39 is 0 Å². The molecule has 0 amide bonds. The van der Waals surface area contributed by atoms with Gasteiger partial charge in [0, 0.05) is 6.42 Å². The van der Waals surface area contributed by atoms with Gasteiger partial charge in [0.2, 0.25) is 0 Å². The molecule has 3 fully saturated rings. The normalized spacial score (nSPS) is 38.7. The standard InChI is InChI=1S/C16H29NO2/c1-2-13-3-5-14(6-4-13)19-15-11-16(18-12-15)7-9-17-10-8-16/h13-15,17H,2-12H2,1H3. The highest BCUT2D eigenvalue weighted by molar-refractivity contribution is 4.93. The average molecular weight is 267 g/mol. The highest BCUT2D eigenvalue weighted by Gasteiger charge is 2.42. The zero-order valence-electron chi connectivity index (χ0n) is 12.3. The summed E-state index contributed by atoms with van der Waals surface area (Å²) in [5, 5.41) is 3.42. The molecular weight excluding hydrogens is 238 g/mol. The maximum Gasteiger partial charge on any atom is 0.0840 e. The Morgan fingerprint density at radius 3 is 2.53 bits per heavy atom. The van der Waals surface area contributed by atoms with Crippen molar-refractivity contribution in [2.24, 2.45) is 5.92 Å². The zero-order chi connectivity index (χ0) is 13.1. The highest BCUT2D eigenvalue weighted by Crippen LogP contribution is 2.37. The van der Waals surface area contributed by atoms with Crippen LogP contribution in [0.3, 0.4) is 0 Å². The number of nitrogens with one attached hydrogen (secondary N) is 1. The minimum absolute atomic E-state index is 0.149. The molecule has 2 saturated heterocycles. The molecular formula is C16H29NO2. The van der Waals surface area contributed by atoms with Crippen molar-refractivity contribution < 1.29 is 9.47 Å². The number of rotatable bonds is 3. The molecule has 19 heavy (non-hydrogen) atoms. The summed E-state index contributed by atoms with van der Waals surface area (Å²) in [6.07, 6.45) is 10.9. The molecule has 110 valence electrons. The monoisotopic (exact) mass is 267 g/mol. The number of ether oxygens (including phenoxy) is 2. The van der Waals surface area contributed by atoms with Crippen molar-refractivity contribution in [3.63, 3.8) is 0 Å². The van der Waals surface area contributed by atoms with E-state index in [1.165, 1.54) is 32.1 Å². The summed E-state index contributed by atoms with van der Waals surface area (Å²) in [6, 6.07) is 0. The van der Waals surface area contributed by atoms with Crippen LogP contribution in [-0.2, 0) is 9.47 Å². The molecule has 3 aliphatic rings. The maximum atomic E-state index is 6.33. The lowest BCUT2D eigenvalue weighted by Gasteiger charge is -2.33. The Hall–Kier alpha value is -0.120. The van der Waals surface area contributed by atoms with E-state index in [0.717, 1.165) is 44.9 Å². The van der Waals surface area contributed by atoms with Gasteiger partial charge in [-0.2, -0.15) is 0 Å². The molecule has 0 aromatic rings. The van der Waals surface area contributed by atoms with Crippen molar-refractivity contribution in [1.82, 2.24) is 5.32 Å². The van der Waals surface area contributed by atoms with Crippen LogP contribution in [0.5, 0.6) is 0 Å². The number of hydrogen-bond acceptors (Lipinski definition) is 3. The van der Waals surface area contributed by atoms with Gasteiger partial charge < -0.3 is 14.8 Å². The summed E-state index contributed by atoms with van der Waals surface area (Å²) in [7, 11) is 0. The van der Waals surface area contributed by atoms with Crippen LogP contribution in [-0.4, -0.2) is 37.5 Å². The molecule has 3 heteroatoms. The molecule has 3 rings (SSSR count). The van der Waals surface area contributed by atoms with Crippen molar-refractivity contribution in [2.45, 2.75) is 76.1 Å². The Balaban J connectivity index is 1.44. The van der Waals surface area contributed by atoms with Crippen LogP contribution in [0.2, 0.25) is 0 Å². The molecule has 1 atom stereocenters. The molecule has 0 aromatic carbocycles. The van der Waals surface area contributed by atoms with Crippen LogP contribution >= 0.6 is 0 Å². The summed E-state index contributed by atoms with van der Waals surface area (Å²) in [5.74, 6) is 0.954. The first-order valence-corrected chi connectivity index (χ1v) is 8.30. The van der Waals surface area contributed by atoms with Gasteiger partial charge in [0.25, 0.3) is 0 Å². The van der Waals surface area contributed by atoms with E-state index in [9.17, 15) is 0 Å². The lowest BCUT2D eigenvalue weighted by atomic mass is 9.85. The summed E-state index contributed by atoms with van der Waals surface area (Å²) in [5.41, 5.74) is 0.149. The van der Waals surface area contributed by atoms with E-state index in [0.29, 0.717) is 12.2 Å². The van der Waals surface area contributed by atoms with Gasteiger partial charge >= 0.3 is 0 Å². The number of piperidine rings is 1. The van der Waals surface area contributed by atoms with Crippen LogP contribution in [0.1, 0.15) is 58.3 Å². The molecule has 1 N–H and O–H groups in total. The van der Waals surface area contributed by atoms with Crippen molar-refractivity contribution in [2.75, 3.05) is 19.7 Å². The second-order valence-electron chi connectivity index (χ2n) is 6.76. The van der Waals surface area contributed by atoms with Gasteiger partial charge in [0.1, 0.15) is 0 Å². The first-order valence-electron chi connectivity index (χ1n) is 8.30. The summed E-state index contributed by atoms with van der Waals surface area (Å²) >= 11 is 0. The van der Waals surface area contributed by atoms with Gasteiger partial charge in [-0.05, 0) is 57.5 Å². The Labute approximate surface area is 117 Å². The molecule has 1 unspecified atom stereocenters. The van der Waals surface area contributed by atoms with E-state index in [1.54, 1.807) is 0 Å². The third kappa shape index (κ3) is 3.32. The maximum absolute atomic E-state index is 6.33. The predicted molar refractivity (Wildman–Crippen MR) is 76.3 cm³/mol. The van der Waals surface area contributed by atoms with E-state index in [1.807, 2.05) is 0 Å². The third-order valence-corrected chi connectivity index (χ3v) is 5.45. The van der Waals surface area contributed by atoms with Gasteiger partial charge in [-0.1, -0.05) is 13.3 Å². The first kappa shape index (κ1) is 13.8. The summed E-state index contributed by atoms with van der Waals surface area (Å²) in [6.45, 7) is 5.36. The Morgan fingerprint density at radius 1 is 1.11 bits per heavy atom. The molecule has 1 saturated carbocycles. The number of hydrogen-bond donors (Lipinski definition) is 1. The molecule has 2 aliphatic heterocycles. The summed E-state index contributed by atoms with van der Waals surface area (Å²) < 4.78 is 12.4. The van der Waals surface area contributed by atoms with E-state index in [-0.39, 0.29) is 5.60 Å². The van der Waals surface area contributed by atoms with Crippen LogP contribution in [0.25, 0.3) is 0 Å². The molecule has 1 aliphatic carbocycles. The van der Waals surface area contributed by atoms with Gasteiger partial charge in [-0.25, -0.2) is 0 Å². The van der Waals surface area contributed by atoms with E-state index in [2.05, 4.69) is 12.2 Å². The molecule has 0 bridgehead atoms. The van der Waals surface area contributed by atoms with E-state index >= 15 is 0 Å². The Kier molecular flexibility index (Phi) is 4.45. The van der Waals surface area contributed by atoms with Crippen LogP contribution in [0.4, 0.5) is 0 Å². The fourth-order valence-corrected chi connectivity index (χ4v) is 4.07. The van der Waals surface area contributed by atoms with Crippen molar-refractivity contribution in [3.05, 3.63) is 0 Å². The van der Waals surface area contributed by atoms with Gasteiger partial charge in [-0.15, -0.1) is 0 Å².